The number of aliphatic carboxylic acids is 1. The Morgan fingerprint density at radius 2 is 1.84 bits per heavy atom. The average Bonchev–Trinajstić information content (AvgIpc) is 3.73. The first-order valence-electron chi connectivity index (χ1n) is 18.9. The number of carboxylic acids is 2. The molecule has 4 aliphatic heterocycles. The van der Waals surface area contributed by atoms with Gasteiger partial charge in [0.15, 0.2) is 11.6 Å². The summed E-state index contributed by atoms with van der Waals surface area (Å²) in [6, 6.07) is 9.07. The third-order valence-electron chi connectivity index (χ3n) is 11.6. The highest BCUT2D eigenvalue weighted by Gasteiger charge is 2.64. The number of ether oxygens (including phenoxy) is 1. The smallest absolute Gasteiger partial charge is 0.341 e. The molecule has 300 valence electrons. The van der Waals surface area contributed by atoms with Crippen LogP contribution in [0.1, 0.15) is 72.0 Å². The second kappa shape index (κ2) is 14.5. The predicted octanol–water partition coefficient (Wildman–Crippen LogP) is 4.27. The van der Waals surface area contributed by atoms with E-state index in [0.717, 1.165) is 44.3 Å². The zero-order valence-corrected chi connectivity index (χ0v) is 32.6. The molecule has 1 aliphatic carbocycles. The summed E-state index contributed by atoms with van der Waals surface area (Å²) in [4.78, 5) is 64.8. The number of β-lactam (4-membered cyclic amide) rings is 1. The average molecular weight is 803 g/mol. The van der Waals surface area contributed by atoms with Gasteiger partial charge in [-0.1, -0.05) is 35.5 Å². The van der Waals surface area contributed by atoms with Gasteiger partial charge in [0.2, 0.25) is 11.3 Å². The van der Waals surface area contributed by atoms with Crippen LogP contribution in [-0.2, 0) is 9.59 Å². The van der Waals surface area contributed by atoms with Crippen LogP contribution in [0.4, 0.5) is 10.1 Å². The summed E-state index contributed by atoms with van der Waals surface area (Å²) in [5.74, 6) is -2.61. The van der Waals surface area contributed by atoms with E-state index in [1.807, 2.05) is 35.2 Å². The first-order valence-corrected chi connectivity index (χ1v) is 19.8. The Bertz CT molecular complexity index is 2350. The molecule has 0 spiro atoms. The minimum Gasteiger partial charge on any atom is -0.492 e. The molecular formula is C40H43FN6O9S. The molecule has 0 bridgehead atoms. The number of halogens is 1. The summed E-state index contributed by atoms with van der Waals surface area (Å²) >= 11 is 1.38. The number of anilines is 1. The van der Waals surface area contributed by atoms with Crippen molar-refractivity contribution in [3.05, 3.63) is 75.5 Å². The van der Waals surface area contributed by atoms with E-state index >= 15 is 4.39 Å². The lowest BCUT2D eigenvalue weighted by molar-refractivity contribution is -0.159. The van der Waals surface area contributed by atoms with Gasteiger partial charge in [0.05, 0.1) is 18.0 Å². The molecule has 0 radical (unpaired) electrons. The second-order valence-electron chi connectivity index (χ2n) is 15.7. The van der Waals surface area contributed by atoms with Gasteiger partial charge in [0.1, 0.15) is 45.7 Å². The number of fused-ring (bicyclic) bond motifs is 3. The van der Waals surface area contributed by atoms with Crippen LogP contribution in [-0.4, -0.2) is 104 Å². The normalized spacial score (nSPS) is 24.6. The molecule has 5 atom stereocenters. The number of carbonyl (C=O) groups excluding carboxylic acids is 2. The molecule has 57 heavy (non-hydrogen) atoms. The van der Waals surface area contributed by atoms with Gasteiger partial charge < -0.3 is 44.5 Å². The third-order valence-corrected chi connectivity index (χ3v) is 13.2. The van der Waals surface area contributed by atoms with E-state index in [9.17, 15) is 34.2 Å². The first kappa shape index (κ1) is 38.5. The predicted molar refractivity (Wildman–Crippen MR) is 208 cm³/mol. The van der Waals surface area contributed by atoms with Crippen LogP contribution in [0.3, 0.4) is 0 Å². The van der Waals surface area contributed by atoms with Crippen molar-refractivity contribution in [3.63, 3.8) is 0 Å². The summed E-state index contributed by atoms with van der Waals surface area (Å²) < 4.78 is 27.4. The number of piperidine rings is 1. The van der Waals surface area contributed by atoms with Crippen LogP contribution in [0.2, 0.25) is 0 Å². The number of amides is 2. The molecule has 6 heterocycles. The van der Waals surface area contributed by atoms with Crippen LogP contribution in [0, 0.1) is 18.7 Å². The molecule has 2 aromatic carbocycles. The molecule has 5 aliphatic rings. The molecule has 4 saturated heterocycles. The lowest BCUT2D eigenvalue weighted by Gasteiger charge is -2.43. The fourth-order valence-corrected chi connectivity index (χ4v) is 10.4. The molecule has 15 nitrogen and oxygen atoms in total. The van der Waals surface area contributed by atoms with Crippen LogP contribution in [0.15, 0.2) is 51.9 Å². The number of benzene rings is 2. The maximum absolute atomic E-state index is 15.3. The summed E-state index contributed by atoms with van der Waals surface area (Å²) in [6.07, 6.45) is 5.40. The number of nitrogens with zero attached hydrogens (tertiary/aromatic N) is 4. The van der Waals surface area contributed by atoms with E-state index in [-0.39, 0.29) is 28.5 Å². The Kier molecular flexibility index (Phi) is 9.79. The largest absolute Gasteiger partial charge is 0.492 e. The number of rotatable bonds is 8. The highest BCUT2D eigenvalue weighted by molar-refractivity contribution is 8.01. The highest BCUT2D eigenvalue weighted by atomic mass is 32.2. The van der Waals surface area contributed by atoms with E-state index in [2.05, 4.69) is 15.8 Å². The molecule has 4 N–H and O–H groups in total. The lowest BCUT2D eigenvalue weighted by Crippen LogP contribution is -2.70. The van der Waals surface area contributed by atoms with E-state index in [0.29, 0.717) is 46.9 Å². The number of methoxy groups -OCH3 is 1. The van der Waals surface area contributed by atoms with Gasteiger partial charge in [0, 0.05) is 41.7 Å². The van der Waals surface area contributed by atoms with Crippen molar-refractivity contribution in [2.75, 3.05) is 31.6 Å². The number of hydrogen-bond acceptors (Lipinski definition) is 11. The third kappa shape index (κ3) is 6.59. The van der Waals surface area contributed by atoms with Crippen molar-refractivity contribution in [2.45, 2.75) is 80.7 Å². The maximum atomic E-state index is 15.3. The lowest BCUT2D eigenvalue weighted by atomic mass is 9.94. The number of thioether (sulfide) groups is 1. The van der Waals surface area contributed by atoms with E-state index in [1.165, 1.54) is 36.0 Å². The van der Waals surface area contributed by atoms with Gasteiger partial charge >= 0.3 is 11.9 Å². The maximum Gasteiger partial charge on any atom is 0.341 e. The standard InChI is InChI=1S/C21H24FN3O4.C19H19N3O5S/c1-29-20-17-13(19(26)14(21(27)28)9-25(17)12-4-5-12)7-15(22)18(20)24-8-11-3-2-6-23-16(11)10-24;1-9-11(12(21-27-9)10-7-5-4-6-8-10)15(23)20-13-16(24)22-14(18(25)26)19(2,3)28-17(13)22/h7,9,11-12,16,23H,2-6,8,10H2,1H3,(H,27,28);4-8,13-14,17H,1-3H3,(H,20,23)(H,25,26)/t11-,16+;13-,14+,17-/m01/s1. The Hall–Kier alpha value is -5.42. The molecule has 2 amide bonds. The van der Waals surface area contributed by atoms with Gasteiger partial charge in [0.25, 0.3) is 5.91 Å². The minimum absolute atomic E-state index is 0.0599. The molecular weight excluding hydrogens is 760 g/mol. The Morgan fingerprint density at radius 3 is 2.49 bits per heavy atom. The van der Waals surface area contributed by atoms with Crippen molar-refractivity contribution in [2.24, 2.45) is 5.92 Å². The Morgan fingerprint density at radius 1 is 1.11 bits per heavy atom. The fraction of sp³-hybridized carbons (Fsp3) is 0.450. The van der Waals surface area contributed by atoms with Crippen LogP contribution in [0.5, 0.6) is 5.75 Å². The van der Waals surface area contributed by atoms with Crippen molar-refractivity contribution in [1.29, 1.82) is 0 Å². The number of nitrogens with one attached hydrogen (secondary N) is 2. The van der Waals surface area contributed by atoms with Crippen molar-refractivity contribution >= 4 is 52.1 Å². The topological polar surface area (TPSA) is 197 Å². The zero-order valence-electron chi connectivity index (χ0n) is 31.8. The summed E-state index contributed by atoms with van der Waals surface area (Å²) in [6.45, 7) is 7.61. The highest BCUT2D eigenvalue weighted by Crippen LogP contribution is 2.51. The molecule has 9 rings (SSSR count). The number of aromatic nitrogens is 2. The fourth-order valence-electron chi connectivity index (χ4n) is 8.74. The minimum atomic E-state index is -1.30. The van der Waals surface area contributed by atoms with Gasteiger partial charge in [-0.2, -0.15) is 0 Å². The van der Waals surface area contributed by atoms with Gasteiger partial charge in [-0.3, -0.25) is 14.4 Å². The van der Waals surface area contributed by atoms with Crippen LogP contribution in [0.25, 0.3) is 22.2 Å². The summed E-state index contributed by atoms with van der Waals surface area (Å²) in [7, 11) is 1.48. The quantitative estimate of drug-likeness (QED) is 0.185. The number of hydrogen-bond donors (Lipinski definition) is 4. The second-order valence-corrected chi connectivity index (χ2v) is 17.5. The van der Waals surface area contributed by atoms with E-state index in [1.54, 1.807) is 25.3 Å². The monoisotopic (exact) mass is 802 g/mol. The van der Waals surface area contributed by atoms with E-state index < -0.39 is 51.3 Å². The number of aryl methyl sites for hydroxylation is 1. The number of pyridine rings is 1. The van der Waals surface area contributed by atoms with Gasteiger partial charge in [-0.25, -0.2) is 14.0 Å². The molecule has 1 saturated carbocycles. The molecule has 0 unspecified atom stereocenters. The van der Waals surface area contributed by atoms with Gasteiger partial charge in [-0.15, -0.1) is 11.8 Å². The Balaban J connectivity index is 0.000000160. The first-order chi connectivity index (χ1) is 27.2. The van der Waals surface area contributed by atoms with E-state index in [4.69, 9.17) is 9.26 Å². The molecule has 17 heteroatoms. The molecule has 5 fully saturated rings. The van der Waals surface area contributed by atoms with Crippen LogP contribution < -0.4 is 25.7 Å². The zero-order chi connectivity index (χ0) is 40.5. The van der Waals surface area contributed by atoms with Crippen molar-refractivity contribution < 1.29 is 43.0 Å². The van der Waals surface area contributed by atoms with Gasteiger partial charge in [-0.05, 0) is 65.0 Å². The van der Waals surface area contributed by atoms with Crippen molar-refractivity contribution in [1.82, 2.24) is 25.3 Å². The van der Waals surface area contributed by atoms with Crippen LogP contribution >= 0.6 is 11.8 Å². The number of aromatic carboxylic acids is 1. The van der Waals surface area contributed by atoms with Crippen molar-refractivity contribution in [3.8, 4) is 17.0 Å². The number of carboxylic acid groups (broad SMARTS) is 2. The Labute approximate surface area is 330 Å². The molecule has 4 aromatic rings. The molecule has 2 aromatic heterocycles. The summed E-state index contributed by atoms with van der Waals surface area (Å²) in [5.41, 5.74) is 1.25. The SMILES string of the molecule is COc1c(N2C[C@@H]3CCCN[C@@H]3C2)c(F)cc2c(=O)c(C(=O)O)cn(C3CC3)c12.Cc1onc(-c2ccccc2)c1C(=O)N[C@@H]1C(=O)N2[C@@H]1SC(C)(C)[C@@H]2C(=O)O. The number of carbonyl (C=O) groups is 4. The summed E-state index contributed by atoms with van der Waals surface area (Å²) in [5, 5.41) is 28.8.